The molecule has 0 saturated carbocycles. The first-order valence-electron chi connectivity index (χ1n) is 7.15. The molecule has 0 fully saturated rings. The SMILES string of the molecule is CCOc1cc([N+](=O)[O-])cc(C=NNC(=O)c2ccc(Br)cc2)c1O. The molecule has 0 spiro atoms. The van der Waals surface area contributed by atoms with Crippen LogP contribution in [0.25, 0.3) is 0 Å². The Labute approximate surface area is 151 Å². The first-order chi connectivity index (χ1) is 11.9. The lowest BCUT2D eigenvalue weighted by Gasteiger charge is -2.08. The molecule has 0 heterocycles. The number of nitrogens with zero attached hydrogens (tertiary/aromatic N) is 2. The molecule has 0 radical (unpaired) electrons. The number of hydrogen-bond acceptors (Lipinski definition) is 6. The predicted octanol–water partition coefficient (Wildman–Crippen LogP) is 3.23. The maximum Gasteiger partial charge on any atom is 0.274 e. The highest BCUT2D eigenvalue weighted by atomic mass is 79.9. The highest BCUT2D eigenvalue weighted by molar-refractivity contribution is 9.10. The van der Waals surface area contributed by atoms with Crippen LogP contribution in [0.4, 0.5) is 5.69 Å². The van der Waals surface area contributed by atoms with Gasteiger partial charge in [0.1, 0.15) is 0 Å². The molecule has 0 saturated heterocycles. The molecule has 0 aliphatic carbocycles. The number of rotatable bonds is 6. The average molecular weight is 408 g/mol. The van der Waals surface area contributed by atoms with Crippen molar-refractivity contribution in [3.8, 4) is 11.5 Å². The summed E-state index contributed by atoms with van der Waals surface area (Å²) in [5.41, 5.74) is 2.46. The third kappa shape index (κ3) is 4.77. The van der Waals surface area contributed by atoms with Gasteiger partial charge in [-0.1, -0.05) is 15.9 Å². The van der Waals surface area contributed by atoms with E-state index in [-0.39, 0.29) is 29.4 Å². The van der Waals surface area contributed by atoms with Gasteiger partial charge in [0, 0.05) is 21.7 Å². The zero-order chi connectivity index (χ0) is 18.4. The fourth-order valence-corrected chi connectivity index (χ4v) is 2.17. The number of hydrogen-bond donors (Lipinski definition) is 2. The van der Waals surface area contributed by atoms with Crippen molar-refractivity contribution in [1.82, 2.24) is 5.43 Å². The van der Waals surface area contributed by atoms with E-state index in [2.05, 4.69) is 26.5 Å². The van der Waals surface area contributed by atoms with E-state index in [9.17, 15) is 20.0 Å². The van der Waals surface area contributed by atoms with Crippen molar-refractivity contribution >= 4 is 33.7 Å². The number of carbonyl (C=O) groups is 1. The van der Waals surface area contributed by atoms with Crippen LogP contribution in [0, 0.1) is 10.1 Å². The molecule has 2 aromatic rings. The van der Waals surface area contributed by atoms with Crippen molar-refractivity contribution in [2.24, 2.45) is 5.10 Å². The van der Waals surface area contributed by atoms with Gasteiger partial charge in [0.05, 0.1) is 23.8 Å². The van der Waals surface area contributed by atoms with Crippen LogP contribution in [0.1, 0.15) is 22.8 Å². The number of benzene rings is 2. The Kier molecular flexibility index (Phi) is 6.07. The van der Waals surface area contributed by atoms with Crippen LogP contribution < -0.4 is 10.2 Å². The quantitative estimate of drug-likeness (QED) is 0.433. The van der Waals surface area contributed by atoms with E-state index >= 15 is 0 Å². The van der Waals surface area contributed by atoms with Crippen LogP contribution in [0.3, 0.4) is 0 Å². The van der Waals surface area contributed by atoms with Crippen LogP contribution in [0.15, 0.2) is 46.0 Å². The van der Waals surface area contributed by atoms with Gasteiger partial charge in [-0.2, -0.15) is 5.10 Å². The minimum atomic E-state index is -0.611. The molecule has 0 bridgehead atoms. The van der Waals surface area contributed by atoms with Gasteiger partial charge in [-0.25, -0.2) is 5.43 Å². The molecule has 1 amide bonds. The molecule has 9 heteroatoms. The van der Waals surface area contributed by atoms with Gasteiger partial charge in [0.2, 0.25) is 0 Å². The molecule has 8 nitrogen and oxygen atoms in total. The van der Waals surface area contributed by atoms with Gasteiger partial charge in [0.25, 0.3) is 11.6 Å². The van der Waals surface area contributed by atoms with Crippen LogP contribution in [0.2, 0.25) is 0 Å². The predicted molar refractivity (Wildman–Crippen MR) is 95.1 cm³/mol. The zero-order valence-corrected chi connectivity index (χ0v) is 14.7. The minimum Gasteiger partial charge on any atom is -0.504 e. The molecular weight excluding hydrogens is 394 g/mol. The van der Waals surface area contributed by atoms with E-state index in [1.807, 2.05) is 0 Å². The number of hydrazone groups is 1. The van der Waals surface area contributed by atoms with Gasteiger partial charge in [-0.15, -0.1) is 0 Å². The number of halogens is 1. The highest BCUT2D eigenvalue weighted by Gasteiger charge is 2.16. The number of phenols is 1. The van der Waals surface area contributed by atoms with E-state index in [1.165, 1.54) is 0 Å². The second-order valence-corrected chi connectivity index (χ2v) is 5.69. The number of aromatic hydroxyl groups is 1. The topological polar surface area (TPSA) is 114 Å². The zero-order valence-electron chi connectivity index (χ0n) is 13.1. The average Bonchev–Trinajstić information content (AvgIpc) is 2.58. The Morgan fingerprint density at radius 3 is 2.68 bits per heavy atom. The summed E-state index contributed by atoms with van der Waals surface area (Å²) in [6.07, 6.45) is 1.11. The summed E-state index contributed by atoms with van der Waals surface area (Å²) >= 11 is 3.27. The summed E-state index contributed by atoms with van der Waals surface area (Å²) < 4.78 is 6.00. The Morgan fingerprint density at radius 2 is 2.08 bits per heavy atom. The summed E-state index contributed by atoms with van der Waals surface area (Å²) in [4.78, 5) is 22.3. The van der Waals surface area contributed by atoms with Crippen molar-refractivity contribution in [2.45, 2.75) is 6.92 Å². The number of nitro groups is 1. The molecule has 25 heavy (non-hydrogen) atoms. The lowest BCUT2D eigenvalue weighted by Crippen LogP contribution is -2.17. The molecule has 0 atom stereocenters. The Morgan fingerprint density at radius 1 is 1.40 bits per heavy atom. The van der Waals surface area contributed by atoms with Crippen molar-refractivity contribution in [1.29, 1.82) is 0 Å². The Bertz CT molecular complexity index is 821. The third-order valence-electron chi connectivity index (χ3n) is 3.08. The third-order valence-corrected chi connectivity index (χ3v) is 3.60. The standard InChI is InChI=1S/C16H14BrN3O5/c1-2-25-14-8-13(20(23)24)7-11(15(14)21)9-18-19-16(22)10-3-5-12(17)6-4-10/h3-9,21H,2H2,1H3,(H,19,22). The molecule has 2 aromatic carbocycles. The van der Waals surface area contributed by atoms with Crippen LogP contribution in [-0.2, 0) is 0 Å². The van der Waals surface area contributed by atoms with Crippen molar-refractivity contribution in [3.63, 3.8) is 0 Å². The lowest BCUT2D eigenvalue weighted by molar-refractivity contribution is -0.385. The molecule has 2 rings (SSSR count). The van der Waals surface area contributed by atoms with Gasteiger partial charge >= 0.3 is 0 Å². The monoisotopic (exact) mass is 407 g/mol. The number of non-ortho nitro benzene ring substituents is 1. The Balaban J connectivity index is 2.20. The number of amides is 1. The highest BCUT2D eigenvalue weighted by Crippen LogP contribution is 2.33. The molecule has 0 aliphatic heterocycles. The Hall–Kier alpha value is -2.94. The summed E-state index contributed by atoms with van der Waals surface area (Å²) in [7, 11) is 0. The number of carbonyl (C=O) groups excluding carboxylic acids is 1. The molecule has 2 N–H and O–H groups in total. The van der Waals surface area contributed by atoms with Crippen molar-refractivity contribution in [2.75, 3.05) is 6.61 Å². The van der Waals surface area contributed by atoms with E-state index in [4.69, 9.17) is 4.74 Å². The number of phenolic OH excluding ortho intramolecular Hbond substituents is 1. The molecular formula is C16H14BrN3O5. The first-order valence-corrected chi connectivity index (χ1v) is 7.94. The van der Waals surface area contributed by atoms with Gasteiger partial charge in [-0.05, 0) is 31.2 Å². The number of nitrogens with one attached hydrogen (secondary N) is 1. The van der Waals surface area contributed by atoms with Crippen LogP contribution >= 0.6 is 15.9 Å². The smallest absolute Gasteiger partial charge is 0.274 e. The fourth-order valence-electron chi connectivity index (χ4n) is 1.91. The largest absolute Gasteiger partial charge is 0.504 e. The summed E-state index contributed by atoms with van der Waals surface area (Å²) in [5.74, 6) is -0.787. The lowest BCUT2D eigenvalue weighted by atomic mass is 10.1. The molecule has 0 unspecified atom stereocenters. The van der Waals surface area contributed by atoms with Crippen LogP contribution in [-0.4, -0.2) is 28.8 Å². The number of nitro benzene ring substituents is 1. The van der Waals surface area contributed by atoms with E-state index in [1.54, 1.807) is 31.2 Å². The normalized spacial score (nSPS) is 10.6. The summed E-state index contributed by atoms with van der Waals surface area (Å²) in [6.45, 7) is 1.91. The molecule has 0 aromatic heterocycles. The van der Waals surface area contributed by atoms with E-state index < -0.39 is 10.8 Å². The summed E-state index contributed by atoms with van der Waals surface area (Å²) in [5, 5.41) is 24.8. The second-order valence-electron chi connectivity index (χ2n) is 4.78. The van der Waals surface area contributed by atoms with Crippen LogP contribution in [0.5, 0.6) is 11.5 Å². The van der Waals surface area contributed by atoms with E-state index in [0.717, 1.165) is 22.8 Å². The van der Waals surface area contributed by atoms with Gasteiger partial charge in [-0.3, -0.25) is 14.9 Å². The maximum absolute atomic E-state index is 11.9. The number of ether oxygens (including phenoxy) is 1. The molecule has 130 valence electrons. The maximum atomic E-state index is 11.9. The molecule has 0 aliphatic rings. The van der Waals surface area contributed by atoms with Crippen molar-refractivity contribution in [3.05, 3.63) is 62.1 Å². The summed E-state index contributed by atoms with van der Waals surface area (Å²) in [6, 6.07) is 8.88. The first kappa shape index (κ1) is 18.4. The minimum absolute atomic E-state index is 0.0302. The fraction of sp³-hybridized carbons (Fsp3) is 0.125. The van der Waals surface area contributed by atoms with Crippen molar-refractivity contribution < 1.29 is 19.6 Å². The second kappa shape index (κ2) is 8.25. The van der Waals surface area contributed by atoms with Gasteiger partial charge < -0.3 is 9.84 Å². The van der Waals surface area contributed by atoms with E-state index in [0.29, 0.717) is 5.56 Å². The van der Waals surface area contributed by atoms with Gasteiger partial charge in [0.15, 0.2) is 11.5 Å².